The molecule has 1 unspecified atom stereocenters. The molecule has 0 aromatic rings. The van der Waals surface area contributed by atoms with Crippen LogP contribution in [0.15, 0.2) is 0 Å². The molecular formula is C13H29N3O. The average Bonchev–Trinajstić information content (AvgIpc) is 2.28. The molecule has 0 bridgehead atoms. The van der Waals surface area contributed by atoms with Crippen molar-refractivity contribution in [3.05, 3.63) is 0 Å². The highest BCUT2D eigenvalue weighted by atomic mass is 16.3. The van der Waals surface area contributed by atoms with Gasteiger partial charge in [-0.1, -0.05) is 20.8 Å². The molecular weight excluding hydrogens is 214 g/mol. The molecule has 2 N–H and O–H groups in total. The summed E-state index contributed by atoms with van der Waals surface area (Å²) in [4.78, 5) is 4.90. The third-order valence-corrected chi connectivity index (χ3v) is 3.19. The van der Waals surface area contributed by atoms with Crippen LogP contribution in [-0.2, 0) is 0 Å². The fourth-order valence-corrected chi connectivity index (χ4v) is 2.34. The summed E-state index contributed by atoms with van der Waals surface area (Å²) in [6, 6.07) is 0. The van der Waals surface area contributed by atoms with Gasteiger partial charge < -0.3 is 15.3 Å². The Labute approximate surface area is 106 Å². The number of β-amino-alcohol motifs (C(OH)–C–C–N with tert-alkyl or cyclic N) is 1. The van der Waals surface area contributed by atoms with Gasteiger partial charge in [0.05, 0.1) is 6.10 Å². The predicted octanol–water partition coefficient (Wildman–Crippen LogP) is 0.230. The normalized spacial score (nSPS) is 21.0. The van der Waals surface area contributed by atoms with Crippen molar-refractivity contribution in [3.63, 3.8) is 0 Å². The first-order valence-corrected chi connectivity index (χ1v) is 6.95. The van der Waals surface area contributed by atoms with E-state index in [1.165, 1.54) is 6.54 Å². The molecule has 0 aliphatic carbocycles. The number of hydrogen-bond donors (Lipinski definition) is 2. The molecule has 0 aromatic heterocycles. The minimum absolute atomic E-state index is 0.230. The van der Waals surface area contributed by atoms with Crippen LogP contribution >= 0.6 is 0 Å². The lowest BCUT2D eigenvalue weighted by Gasteiger charge is -2.36. The number of nitrogens with one attached hydrogen (secondary N) is 1. The topological polar surface area (TPSA) is 38.7 Å². The van der Waals surface area contributed by atoms with E-state index in [4.69, 9.17) is 0 Å². The van der Waals surface area contributed by atoms with Crippen LogP contribution in [0.2, 0.25) is 0 Å². The van der Waals surface area contributed by atoms with E-state index in [-0.39, 0.29) is 6.10 Å². The maximum absolute atomic E-state index is 9.83. The molecule has 1 rings (SSSR count). The monoisotopic (exact) mass is 243 g/mol. The molecule has 0 radical (unpaired) electrons. The van der Waals surface area contributed by atoms with Crippen LogP contribution < -0.4 is 5.32 Å². The van der Waals surface area contributed by atoms with Crippen LogP contribution in [0.4, 0.5) is 0 Å². The Bertz CT molecular complexity index is 191. The maximum atomic E-state index is 9.83. The standard InChI is InChI=1S/C13H29N3O/c1-4-14-9-13(17)11-16-7-5-15(6-8-16)10-12(2)3/h12-14,17H,4-11H2,1-3H3. The second-order valence-corrected chi connectivity index (χ2v) is 5.46. The lowest BCUT2D eigenvalue weighted by molar-refractivity contribution is 0.0690. The Balaban J connectivity index is 2.14. The van der Waals surface area contributed by atoms with Gasteiger partial charge in [-0.25, -0.2) is 0 Å². The van der Waals surface area contributed by atoms with E-state index in [1.54, 1.807) is 0 Å². The van der Waals surface area contributed by atoms with Gasteiger partial charge >= 0.3 is 0 Å². The summed E-state index contributed by atoms with van der Waals surface area (Å²) in [6.07, 6.45) is -0.230. The van der Waals surface area contributed by atoms with Crippen LogP contribution in [-0.4, -0.2) is 73.4 Å². The fraction of sp³-hybridized carbons (Fsp3) is 1.00. The van der Waals surface area contributed by atoms with E-state index in [1.807, 2.05) is 0 Å². The lowest BCUT2D eigenvalue weighted by Crippen LogP contribution is -2.50. The molecule has 1 saturated heterocycles. The summed E-state index contributed by atoms with van der Waals surface area (Å²) in [5.74, 6) is 0.751. The Morgan fingerprint density at radius 1 is 1.06 bits per heavy atom. The van der Waals surface area contributed by atoms with Crippen LogP contribution in [0, 0.1) is 5.92 Å². The molecule has 1 aliphatic rings. The van der Waals surface area contributed by atoms with E-state index in [9.17, 15) is 5.11 Å². The van der Waals surface area contributed by atoms with E-state index in [0.29, 0.717) is 6.54 Å². The Hall–Kier alpha value is -0.160. The number of nitrogens with zero attached hydrogens (tertiary/aromatic N) is 2. The molecule has 4 heteroatoms. The molecule has 0 aromatic carbocycles. The van der Waals surface area contributed by atoms with Crippen molar-refractivity contribution < 1.29 is 5.11 Å². The van der Waals surface area contributed by atoms with E-state index >= 15 is 0 Å². The summed E-state index contributed by atoms with van der Waals surface area (Å²) in [5, 5.41) is 13.0. The second kappa shape index (κ2) is 8.03. The molecule has 1 fully saturated rings. The summed E-state index contributed by atoms with van der Waals surface area (Å²) < 4.78 is 0. The third-order valence-electron chi connectivity index (χ3n) is 3.19. The van der Waals surface area contributed by atoms with E-state index in [2.05, 4.69) is 35.9 Å². The lowest BCUT2D eigenvalue weighted by atomic mass is 10.2. The SMILES string of the molecule is CCNCC(O)CN1CCN(CC(C)C)CC1. The van der Waals surface area contributed by atoms with Gasteiger partial charge in [0, 0.05) is 45.8 Å². The molecule has 4 nitrogen and oxygen atoms in total. The van der Waals surface area contributed by atoms with Gasteiger partial charge in [-0.15, -0.1) is 0 Å². The molecule has 1 aliphatic heterocycles. The summed E-state index contributed by atoms with van der Waals surface area (Å²) in [7, 11) is 0. The van der Waals surface area contributed by atoms with E-state index in [0.717, 1.165) is 45.2 Å². The van der Waals surface area contributed by atoms with Crippen molar-refractivity contribution in [2.75, 3.05) is 52.4 Å². The number of hydrogen-bond acceptors (Lipinski definition) is 4. The van der Waals surface area contributed by atoms with Crippen molar-refractivity contribution in [1.82, 2.24) is 15.1 Å². The number of likely N-dealkylation sites (N-methyl/N-ethyl adjacent to an activating group) is 1. The fourth-order valence-electron chi connectivity index (χ4n) is 2.34. The zero-order valence-corrected chi connectivity index (χ0v) is 11.7. The molecule has 0 saturated carbocycles. The van der Waals surface area contributed by atoms with Gasteiger partial charge in [-0.3, -0.25) is 4.90 Å². The van der Waals surface area contributed by atoms with Gasteiger partial charge in [-0.05, 0) is 12.5 Å². The maximum Gasteiger partial charge on any atom is 0.0791 e. The van der Waals surface area contributed by atoms with Crippen molar-refractivity contribution in [2.45, 2.75) is 26.9 Å². The first kappa shape index (κ1) is 14.9. The van der Waals surface area contributed by atoms with Gasteiger partial charge in [0.15, 0.2) is 0 Å². The zero-order valence-electron chi connectivity index (χ0n) is 11.7. The summed E-state index contributed by atoms with van der Waals surface area (Å²) in [5.41, 5.74) is 0. The molecule has 1 heterocycles. The van der Waals surface area contributed by atoms with Gasteiger partial charge in [0.1, 0.15) is 0 Å². The van der Waals surface area contributed by atoms with Crippen LogP contribution in [0.3, 0.4) is 0 Å². The average molecular weight is 243 g/mol. The Morgan fingerprint density at radius 3 is 2.06 bits per heavy atom. The molecule has 0 amide bonds. The number of aliphatic hydroxyl groups is 1. The second-order valence-electron chi connectivity index (χ2n) is 5.46. The highest BCUT2D eigenvalue weighted by Gasteiger charge is 2.19. The smallest absolute Gasteiger partial charge is 0.0791 e. The molecule has 102 valence electrons. The first-order chi connectivity index (χ1) is 8.11. The number of piperazine rings is 1. The number of aliphatic hydroxyl groups excluding tert-OH is 1. The van der Waals surface area contributed by atoms with Crippen molar-refractivity contribution in [3.8, 4) is 0 Å². The summed E-state index contributed by atoms with van der Waals surface area (Å²) in [6.45, 7) is 14.7. The third kappa shape index (κ3) is 6.36. The van der Waals surface area contributed by atoms with E-state index < -0.39 is 0 Å². The van der Waals surface area contributed by atoms with Crippen molar-refractivity contribution in [2.24, 2.45) is 5.92 Å². The Kier molecular flexibility index (Phi) is 7.04. The largest absolute Gasteiger partial charge is 0.390 e. The minimum Gasteiger partial charge on any atom is -0.390 e. The number of rotatable bonds is 7. The first-order valence-electron chi connectivity index (χ1n) is 6.95. The quantitative estimate of drug-likeness (QED) is 0.671. The van der Waals surface area contributed by atoms with Crippen molar-refractivity contribution in [1.29, 1.82) is 0 Å². The molecule has 1 atom stereocenters. The Morgan fingerprint density at radius 2 is 1.59 bits per heavy atom. The van der Waals surface area contributed by atoms with Crippen LogP contribution in [0.5, 0.6) is 0 Å². The molecule has 0 spiro atoms. The highest BCUT2D eigenvalue weighted by molar-refractivity contribution is 4.75. The van der Waals surface area contributed by atoms with Gasteiger partial charge in [-0.2, -0.15) is 0 Å². The van der Waals surface area contributed by atoms with Gasteiger partial charge in [0.2, 0.25) is 0 Å². The van der Waals surface area contributed by atoms with Crippen molar-refractivity contribution >= 4 is 0 Å². The minimum atomic E-state index is -0.230. The van der Waals surface area contributed by atoms with Crippen LogP contribution in [0.25, 0.3) is 0 Å². The van der Waals surface area contributed by atoms with Gasteiger partial charge in [0.25, 0.3) is 0 Å². The zero-order chi connectivity index (χ0) is 12.7. The predicted molar refractivity (Wildman–Crippen MR) is 72.3 cm³/mol. The molecule has 17 heavy (non-hydrogen) atoms. The highest BCUT2D eigenvalue weighted by Crippen LogP contribution is 2.05. The summed E-state index contributed by atoms with van der Waals surface area (Å²) >= 11 is 0. The van der Waals surface area contributed by atoms with Crippen LogP contribution in [0.1, 0.15) is 20.8 Å².